The molecule has 2 rings (SSSR count). The minimum atomic E-state index is -1.05. The van der Waals surface area contributed by atoms with Gasteiger partial charge in [-0.3, -0.25) is 14.4 Å². The molecule has 142 valence electrons. The summed E-state index contributed by atoms with van der Waals surface area (Å²) in [5.41, 5.74) is 1.25. The lowest BCUT2D eigenvalue weighted by Gasteiger charge is -2.14. The Morgan fingerprint density at radius 2 is 1.19 bits per heavy atom. The van der Waals surface area contributed by atoms with Gasteiger partial charge in [-0.25, -0.2) is 9.97 Å². The van der Waals surface area contributed by atoms with Gasteiger partial charge in [0.25, 0.3) is 0 Å². The second-order valence-electron chi connectivity index (χ2n) is 4.90. The Morgan fingerprint density at radius 3 is 1.63 bits per heavy atom. The van der Waals surface area contributed by atoms with E-state index in [1.807, 2.05) is 6.07 Å². The molecule has 0 fully saturated rings. The van der Waals surface area contributed by atoms with E-state index >= 15 is 0 Å². The number of aliphatic carboxylic acids is 3. The van der Waals surface area contributed by atoms with Crippen molar-refractivity contribution in [3.8, 4) is 11.1 Å². The zero-order valence-corrected chi connectivity index (χ0v) is 16.1. The van der Waals surface area contributed by atoms with Gasteiger partial charge in [0, 0.05) is 5.56 Å². The molecule has 0 aliphatic rings. The lowest BCUT2D eigenvalue weighted by Crippen LogP contribution is -2.05. The van der Waals surface area contributed by atoms with Crippen LogP contribution in [0.2, 0.25) is 0 Å². The predicted octanol–water partition coefficient (Wildman–Crippen LogP) is 2.67. The molecule has 0 amide bonds. The summed E-state index contributed by atoms with van der Waals surface area (Å²) in [5.74, 6) is -3.87. The van der Waals surface area contributed by atoms with Crippen molar-refractivity contribution >= 4 is 53.2 Å². The highest BCUT2D eigenvalue weighted by Crippen LogP contribution is 2.38. The fourth-order valence-corrected chi connectivity index (χ4v) is 4.20. The van der Waals surface area contributed by atoms with Crippen LogP contribution in [0.5, 0.6) is 0 Å². The van der Waals surface area contributed by atoms with Gasteiger partial charge in [-0.1, -0.05) is 65.6 Å². The maximum Gasteiger partial charge on any atom is 0.313 e. The van der Waals surface area contributed by atoms with Crippen molar-refractivity contribution < 1.29 is 29.7 Å². The van der Waals surface area contributed by atoms with Crippen molar-refractivity contribution in [2.75, 3.05) is 17.3 Å². The fourth-order valence-electron chi connectivity index (χ4n) is 1.91. The van der Waals surface area contributed by atoms with Crippen LogP contribution in [0.1, 0.15) is 0 Å². The van der Waals surface area contributed by atoms with Gasteiger partial charge in [-0.05, 0) is 5.56 Å². The summed E-state index contributed by atoms with van der Waals surface area (Å²) in [6, 6.07) is 8.98. The van der Waals surface area contributed by atoms with Crippen LogP contribution < -0.4 is 0 Å². The van der Waals surface area contributed by atoms with E-state index in [-0.39, 0.29) is 22.4 Å². The fraction of sp³-hybridized carbons (Fsp3) is 0.188. The second-order valence-corrected chi connectivity index (χ2v) is 7.78. The number of carboxylic acid groups (broad SMARTS) is 3. The molecule has 0 saturated carbocycles. The predicted molar refractivity (Wildman–Crippen MR) is 103 cm³/mol. The van der Waals surface area contributed by atoms with E-state index in [0.29, 0.717) is 21.2 Å². The number of nitrogens with zero attached hydrogens (tertiary/aromatic N) is 2. The molecule has 1 aromatic carbocycles. The minimum Gasteiger partial charge on any atom is -0.481 e. The number of carboxylic acids is 3. The molecule has 0 unspecified atom stereocenters. The molecule has 0 atom stereocenters. The van der Waals surface area contributed by atoms with Crippen LogP contribution in [0.3, 0.4) is 0 Å². The molecule has 3 N–H and O–H groups in total. The highest BCUT2D eigenvalue weighted by atomic mass is 32.2. The van der Waals surface area contributed by atoms with Crippen LogP contribution in [0.25, 0.3) is 11.1 Å². The molecule has 0 aliphatic carbocycles. The number of benzene rings is 1. The van der Waals surface area contributed by atoms with Gasteiger partial charge in [0.1, 0.15) is 10.1 Å². The molecule has 8 nitrogen and oxygen atoms in total. The topological polar surface area (TPSA) is 138 Å². The van der Waals surface area contributed by atoms with Crippen LogP contribution in [-0.2, 0) is 14.4 Å². The van der Waals surface area contributed by atoms with Crippen molar-refractivity contribution in [3.63, 3.8) is 0 Å². The van der Waals surface area contributed by atoms with Crippen molar-refractivity contribution in [1.82, 2.24) is 9.97 Å². The number of hydrogen-bond donors (Lipinski definition) is 3. The van der Waals surface area contributed by atoms with E-state index in [4.69, 9.17) is 15.3 Å². The van der Waals surface area contributed by atoms with E-state index in [9.17, 15) is 14.4 Å². The Labute approximate surface area is 166 Å². The third-order valence-electron chi connectivity index (χ3n) is 2.87. The lowest BCUT2D eigenvalue weighted by molar-refractivity contribution is -0.134. The zero-order chi connectivity index (χ0) is 19.8. The number of rotatable bonds is 10. The summed E-state index contributed by atoms with van der Waals surface area (Å²) < 4.78 is 0. The number of carbonyl (C=O) groups is 3. The van der Waals surface area contributed by atoms with Crippen LogP contribution in [-0.4, -0.2) is 60.5 Å². The normalized spacial score (nSPS) is 10.5. The van der Waals surface area contributed by atoms with Crippen molar-refractivity contribution in [3.05, 3.63) is 30.3 Å². The maximum atomic E-state index is 11.0. The first-order valence-corrected chi connectivity index (χ1v) is 10.3. The summed E-state index contributed by atoms with van der Waals surface area (Å²) in [6.07, 6.45) is 0. The molecule has 1 heterocycles. The van der Waals surface area contributed by atoms with Crippen molar-refractivity contribution in [1.29, 1.82) is 0 Å². The quantitative estimate of drug-likeness (QED) is 0.294. The third-order valence-corrected chi connectivity index (χ3v) is 5.63. The van der Waals surface area contributed by atoms with Crippen LogP contribution in [0.4, 0.5) is 0 Å². The second kappa shape index (κ2) is 10.2. The number of thioether (sulfide) groups is 3. The van der Waals surface area contributed by atoms with Gasteiger partial charge in [0.05, 0.1) is 17.3 Å². The summed E-state index contributed by atoms with van der Waals surface area (Å²) in [5, 5.41) is 27.7. The molecule has 2 aromatic rings. The highest BCUT2D eigenvalue weighted by Gasteiger charge is 2.19. The third kappa shape index (κ3) is 6.77. The molecule has 1 aromatic heterocycles. The van der Waals surface area contributed by atoms with Gasteiger partial charge in [0.2, 0.25) is 0 Å². The Hall–Kier alpha value is -2.24. The molecule has 27 heavy (non-hydrogen) atoms. The van der Waals surface area contributed by atoms with Gasteiger partial charge in [0.15, 0.2) is 5.16 Å². The molecule has 0 bridgehead atoms. The SMILES string of the molecule is O=C(O)CSc1nc(SCC(=O)O)c(-c2ccccc2)c(SCC(=O)O)n1. The van der Waals surface area contributed by atoms with E-state index in [1.54, 1.807) is 24.3 Å². The average Bonchev–Trinajstić information content (AvgIpc) is 2.63. The largest absolute Gasteiger partial charge is 0.481 e. The molecule has 0 aliphatic heterocycles. The first-order chi connectivity index (χ1) is 12.9. The van der Waals surface area contributed by atoms with Crippen LogP contribution in [0, 0.1) is 0 Å². The van der Waals surface area contributed by atoms with Gasteiger partial charge in [-0.15, -0.1) is 0 Å². The van der Waals surface area contributed by atoms with E-state index in [1.165, 1.54) is 0 Å². The summed E-state index contributed by atoms with van der Waals surface area (Å²) >= 11 is 2.84. The minimum absolute atomic E-state index is 0.151. The van der Waals surface area contributed by atoms with Gasteiger partial charge in [-0.2, -0.15) is 0 Å². The smallest absolute Gasteiger partial charge is 0.313 e. The van der Waals surface area contributed by atoms with Crippen LogP contribution >= 0.6 is 35.3 Å². The number of aromatic nitrogens is 2. The summed E-state index contributed by atoms with van der Waals surface area (Å²) in [7, 11) is 0. The van der Waals surface area contributed by atoms with E-state index in [0.717, 1.165) is 35.3 Å². The summed E-state index contributed by atoms with van der Waals surface area (Å²) in [6.45, 7) is 0. The molecule has 11 heteroatoms. The van der Waals surface area contributed by atoms with E-state index < -0.39 is 17.9 Å². The van der Waals surface area contributed by atoms with Crippen molar-refractivity contribution in [2.24, 2.45) is 0 Å². The molecule has 0 saturated heterocycles. The van der Waals surface area contributed by atoms with Crippen molar-refractivity contribution in [2.45, 2.75) is 15.2 Å². The Kier molecular flexibility index (Phi) is 7.95. The molecular weight excluding hydrogens is 412 g/mol. The average molecular weight is 426 g/mol. The van der Waals surface area contributed by atoms with Gasteiger partial charge < -0.3 is 15.3 Å². The maximum absolute atomic E-state index is 11.0. The Balaban J connectivity index is 2.53. The van der Waals surface area contributed by atoms with Crippen LogP contribution in [0.15, 0.2) is 45.5 Å². The monoisotopic (exact) mass is 426 g/mol. The Morgan fingerprint density at radius 1 is 0.741 bits per heavy atom. The Bertz CT molecular complexity index is 808. The number of hydrogen-bond acceptors (Lipinski definition) is 8. The zero-order valence-electron chi connectivity index (χ0n) is 13.7. The first-order valence-electron chi connectivity index (χ1n) is 7.38. The van der Waals surface area contributed by atoms with Gasteiger partial charge >= 0.3 is 17.9 Å². The van der Waals surface area contributed by atoms with E-state index in [2.05, 4.69) is 9.97 Å². The highest BCUT2D eigenvalue weighted by molar-refractivity contribution is 8.01. The molecular formula is C16H14N2O6S3. The molecule has 0 radical (unpaired) electrons. The molecule has 0 spiro atoms. The first kappa shape index (κ1) is 21.1. The standard InChI is InChI=1S/C16H14N2O6S3/c19-10(20)6-25-14-13(9-4-2-1-3-5-9)15(26-7-11(21)22)18-16(17-14)27-8-12(23)24/h1-5H,6-8H2,(H,19,20)(H,21,22)(H,23,24). The summed E-state index contributed by atoms with van der Waals surface area (Å²) in [4.78, 5) is 41.4. The lowest BCUT2D eigenvalue weighted by atomic mass is 10.1.